The number of sulfone groups is 1. The molecule has 0 spiro atoms. The zero-order valence-corrected chi connectivity index (χ0v) is 17.7. The van der Waals surface area contributed by atoms with Gasteiger partial charge in [0.25, 0.3) is 0 Å². The van der Waals surface area contributed by atoms with Crippen LogP contribution in [-0.4, -0.2) is 56.0 Å². The summed E-state index contributed by atoms with van der Waals surface area (Å²) in [4.78, 5) is 6.74. The highest BCUT2D eigenvalue weighted by Crippen LogP contribution is 2.23. The Morgan fingerprint density at radius 3 is 2.50 bits per heavy atom. The molecule has 1 saturated heterocycles. The summed E-state index contributed by atoms with van der Waals surface area (Å²) < 4.78 is 23.4. The van der Waals surface area contributed by atoms with E-state index in [0.29, 0.717) is 19.0 Å². The second kappa shape index (κ2) is 9.30. The maximum atomic E-state index is 12.1. The Balaban J connectivity index is 0.00000441. The molecule has 0 aliphatic carbocycles. The maximum Gasteiger partial charge on any atom is 0.193 e. The Hall–Kier alpha value is -0.0500. The van der Waals surface area contributed by atoms with E-state index >= 15 is 0 Å². The van der Waals surface area contributed by atoms with Crippen LogP contribution in [0.1, 0.15) is 47.5 Å². The minimum absolute atomic E-state index is 0. The molecule has 1 aliphatic heterocycles. The first kappa shape index (κ1) is 21.9. The first-order chi connectivity index (χ1) is 9.69. The van der Waals surface area contributed by atoms with Gasteiger partial charge in [-0.1, -0.05) is 13.8 Å². The summed E-state index contributed by atoms with van der Waals surface area (Å²) in [6, 6.07) is 0. The van der Waals surface area contributed by atoms with E-state index in [1.165, 1.54) is 6.42 Å². The molecule has 0 bridgehead atoms. The van der Waals surface area contributed by atoms with Crippen molar-refractivity contribution in [1.29, 1.82) is 0 Å². The molecule has 1 fully saturated rings. The molecule has 7 heteroatoms. The molecule has 0 saturated carbocycles. The van der Waals surface area contributed by atoms with E-state index in [1.54, 1.807) is 13.8 Å². The third kappa shape index (κ3) is 6.22. The monoisotopic (exact) mass is 445 g/mol. The summed E-state index contributed by atoms with van der Waals surface area (Å²) in [5.41, 5.74) is 0. The third-order valence-corrected chi connectivity index (χ3v) is 6.41. The van der Waals surface area contributed by atoms with Gasteiger partial charge in [0.2, 0.25) is 0 Å². The molecule has 0 aromatic rings. The van der Waals surface area contributed by atoms with E-state index in [9.17, 15) is 8.42 Å². The predicted molar refractivity (Wildman–Crippen MR) is 105 cm³/mol. The van der Waals surface area contributed by atoms with Crippen LogP contribution in [0.15, 0.2) is 4.99 Å². The molecule has 0 aromatic carbocycles. The topological polar surface area (TPSA) is 61.8 Å². The number of guanidine groups is 1. The van der Waals surface area contributed by atoms with Crippen molar-refractivity contribution in [3.63, 3.8) is 0 Å². The van der Waals surface area contributed by atoms with Crippen LogP contribution >= 0.6 is 24.0 Å². The van der Waals surface area contributed by atoms with E-state index < -0.39 is 14.6 Å². The number of aliphatic imine (C=N–C) groups is 1. The summed E-state index contributed by atoms with van der Waals surface area (Å²) in [5.74, 6) is 1.75. The fourth-order valence-corrected chi connectivity index (χ4v) is 3.80. The molecule has 0 atom stereocenters. The van der Waals surface area contributed by atoms with E-state index in [2.05, 4.69) is 29.1 Å². The molecule has 0 amide bonds. The zero-order chi connectivity index (χ0) is 16.1. The minimum Gasteiger partial charge on any atom is -0.357 e. The van der Waals surface area contributed by atoms with E-state index in [1.807, 2.05) is 6.92 Å². The quantitative estimate of drug-likeness (QED) is 0.306. The van der Waals surface area contributed by atoms with Gasteiger partial charge >= 0.3 is 0 Å². The highest BCUT2D eigenvalue weighted by Gasteiger charge is 2.40. The van der Waals surface area contributed by atoms with E-state index in [-0.39, 0.29) is 29.7 Å². The number of hydrogen-bond acceptors (Lipinski definition) is 3. The number of hydrogen-bond donors (Lipinski definition) is 1. The van der Waals surface area contributed by atoms with Crippen molar-refractivity contribution in [2.75, 3.05) is 31.9 Å². The molecule has 0 unspecified atom stereocenters. The standard InChI is InChI=1S/C15H31N3O2S.HI/c1-6-16-14(17-9-7-8-13(2)3)18-10-11-21(19,20)15(4,5)12-18;/h13H,6-12H2,1-5H3,(H,16,17);1H. The minimum atomic E-state index is -3.00. The number of nitrogens with zero attached hydrogens (tertiary/aromatic N) is 2. The lowest BCUT2D eigenvalue weighted by Gasteiger charge is -2.39. The molecular weight excluding hydrogens is 413 g/mol. The Morgan fingerprint density at radius 1 is 1.36 bits per heavy atom. The molecule has 132 valence electrons. The summed E-state index contributed by atoms with van der Waals surface area (Å²) in [5, 5.41) is 3.29. The van der Waals surface area contributed by atoms with Crippen LogP contribution in [0.3, 0.4) is 0 Å². The van der Waals surface area contributed by atoms with Crippen LogP contribution < -0.4 is 5.32 Å². The second-order valence-electron chi connectivity index (χ2n) is 6.77. The van der Waals surface area contributed by atoms with Gasteiger partial charge < -0.3 is 10.2 Å². The molecule has 5 nitrogen and oxygen atoms in total. The normalized spacial score (nSPS) is 20.6. The van der Waals surface area contributed by atoms with Crippen molar-refractivity contribution < 1.29 is 8.42 Å². The van der Waals surface area contributed by atoms with E-state index in [0.717, 1.165) is 25.5 Å². The lowest BCUT2D eigenvalue weighted by atomic mass is 10.1. The molecule has 0 radical (unpaired) electrons. The Kier molecular flexibility index (Phi) is 9.27. The van der Waals surface area contributed by atoms with Crippen molar-refractivity contribution >= 4 is 39.8 Å². The highest BCUT2D eigenvalue weighted by molar-refractivity contribution is 14.0. The smallest absolute Gasteiger partial charge is 0.193 e. The Bertz CT molecular complexity index is 461. The first-order valence-corrected chi connectivity index (χ1v) is 9.60. The first-order valence-electron chi connectivity index (χ1n) is 7.95. The van der Waals surface area contributed by atoms with Gasteiger partial charge in [0.05, 0.1) is 10.5 Å². The third-order valence-electron chi connectivity index (χ3n) is 3.88. The van der Waals surface area contributed by atoms with Crippen LogP contribution in [0.4, 0.5) is 0 Å². The van der Waals surface area contributed by atoms with Crippen molar-refractivity contribution in [3.05, 3.63) is 0 Å². The van der Waals surface area contributed by atoms with E-state index in [4.69, 9.17) is 0 Å². The van der Waals surface area contributed by atoms with Crippen molar-refractivity contribution in [1.82, 2.24) is 10.2 Å². The van der Waals surface area contributed by atoms with Crippen LogP contribution in [0.5, 0.6) is 0 Å². The summed E-state index contributed by atoms with van der Waals surface area (Å²) in [7, 11) is -3.00. The number of halogens is 1. The average molecular weight is 445 g/mol. The maximum absolute atomic E-state index is 12.1. The molecule has 0 aromatic heterocycles. The summed E-state index contributed by atoms with van der Waals surface area (Å²) in [6.07, 6.45) is 2.24. The van der Waals surface area contributed by atoms with Gasteiger partial charge in [0.1, 0.15) is 0 Å². The fourth-order valence-electron chi connectivity index (χ4n) is 2.43. The van der Waals surface area contributed by atoms with Gasteiger partial charge in [0, 0.05) is 26.2 Å². The molecule has 1 aliphatic rings. The molecule has 22 heavy (non-hydrogen) atoms. The number of nitrogens with one attached hydrogen (secondary N) is 1. The van der Waals surface area contributed by atoms with Gasteiger partial charge in [-0.3, -0.25) is 4.99 Å². The lowest BCUT2D eigenvalue weighted by Crippen LogP contribution is -2.57. The van der Waals surface area contributed by atoms with Gasteiger partial charge in [0.15, 0.2) is 15.8 Å². The van der Waals surface area contributed by atoms with Gasteiger partial charge in [-0.2, -0.15) is 0 Å². The second-order valence-corrected chi connectivity index (χ2v) is 9.51. The van der Waals surface area contributed by atoms with Crippen LogP contribution in [0.25, 0.3) is 0 Å². The Morgan fingerprint density at radius 2 is 2.00 bits per heavy atom. The number of rotatable bonds is 5. The highest BCUT2D eigenvalue weighted by atomic mass is 127. The Labute approximate surface area is 153 Å². The SMILES string of the molecule is CCNC(=NCCCC(C)C)N1CCS(=O)(=O)C(C)(C)C1.I. The average Bonchev–Trinajstić information content (AvgIpc) is 2.36. The van der Waals surface area contributed by atoms with Crippen molar-refractivity contribution in [2.45, 2.75) is 52.2 Å². The summed E-state index contributed by atoms with van der Waals surface area (Å²) in [6.45, 7) is 12.7. The molecule has 1 heterocycles. The zero-order valence-electron chi connectivity index (χ0n) is 14.6. The van der Waals surface area contributed by atoms with Crippen molar-refractivity contribution in [2.24, 2.45) is 10.9 Å². The van der Waals surface area contributed by atoms with Gasteiger partial charge in [-0.15, -0.1) is 24.0 Å². The van der Waals surface area contributed by atoms with Gasteiger partial charge in [-0.05, 0) is 39.5 Å². The van der Waals surface area contributed by atoms with Crippen LogP contribution in [0.2, 0.25) is 0 Å². The molecule has 1 N–H and O–H groups in total. The van der Waals surface area contributed by atoms with Crippen LogP contribution in [-0.2, 0) is 9.84 Å². The molecular formula is C15H32IN3O2S. The van der Waals surface area contributed by atoms with Crippen molar-refractivity contribution in [3.8, 4) is 0 Å². The molecule has 1 rings (SSSR count). The largest absolute Gasteiger partial charge is 0.357 e. The summed E-state index contributed by atoms with van der Waals surface area (Å²) >= 11 is 0. The fraction of sp³-hybridized carbons (Fsp3) is 0.933. The lowest BCUT2D eigenvalue weighted by molar-refractivity contribution is 0.353. The van der Waals surface area contributed by atoms with Gasteiger partial charge in [-0.25, -0.2) is 8.42 Å². The van der Waals surface area contributed by atoms with Crippen LogP contribution in [0, 0.1) is 5.92 Å². The predicted octanol–water partition coefficient (Wildman–Crippen LogP) is 2.52.